The highest BCUT2D eigenvalue weighted by atomic mass is 16.5. The predicted octanol–water partition coefficient (Wildman–Crippen LogP) is 7.97. The fraction of sp³-hybridized carbons (Fsp3) is 0.524. The highest BCUT2D eigenvalue weighted by molar-refractivity contribution is 6.08. The van der Waals surface area contributed by atoms with Gasteiger partial charge < -0.3 is 76.2 Å². The number of unbranched alkanes of at least 4 members (excludes halogenated alkanes) is 2. The van der Waals surface area contributed by atoms with Crippen LogP contribution in [0.2, 0.25) is 0 Å². The second kappa shape index (κ2) is 36.5. The zero-order valence-corrected chi connectivity index (χ0v) is 64.0. The van der Waals surface area contributed by atoms with Crippen LogP contribution in [0.5, 0.6) is 17.5 Å². The number of para-hydroxylation sites is 1. The molecule has 30 heteroatoms. The number of urea groups is 1. The molecule has 2 saturated carbocycles. The molecule has 0 radical (unpaired) electrons. The number of hydrogen-bond donors (Lipinski definition) is 7. The van der Waals surface area contributed by atoms with Crippen LogP contribution in [0.15, 0.2) is 108 Å². The largest absolute Gasteiger partial charge is 0.488 e. The van der Waals surface area contributed by atoms with Crippen molar-refractivity contribution in [2.24, 2.45) is 17.1 Å². The molecule has 112 heavy (non-hydrogen) atoms. The molecule has 7 fully saturated rings. The number of nitriles is 1. The normalized spacial score (nSPS) is 20.9. The number of imide groups is 1. The third-order valence-electron chi connectivity index (χ3n) is 23.0. The Balaban J connectivity index is 0.531. The Morgan fingerprint density at radius 2 is 1.48 bits per heavy atom. The van der Waals surface area contributed by atoms with Crippen LogP contribution in [0.1, 0.15) is 171 Å². The van der Waals surface area contributed by atoms with Gasteiger partial charge in [0.15, 0.2) is 11.6 Å². The number of piperidine rings is 1. The number of likely N-dealkylation sites (tertiary alicyclic amines) is 3. The maximum absolute atomic E-state index is 14.2. The van der Waals surface area contributed by atoms with Crippen LogP contribution in [0.4, 0.5) is 27.7 Å². The van der Waals surface area contributed by atoms with E-state index in [1.807, 2.05) is 81.6 Å². The maximum Gasteiger partial charge on any atom is 0.312 e. The second-order valence-corrected chi connectivity index (χ2v) is 31.0. The zero-order valence-electron chi connectivity index (χ0n) is 64.0. The van der Waals surface area contributed by atoms with E-state index in [4.69, 9.17) is 34.9 Å². The number of carbonyl (C=O) groups excluding carboxylic acids is 8. The first-order chi connectivity index (χ1) is 54.3. The number of nitrogens with one attached hydrogen (secondary N) is 5. The summed E-state index contributed by atoms with van der Waals surface area (Å²) in [5.74, 6) is -0.654. The van der Waals surface area contributed by atoms with E-state index in [2.05, 4.69) is 79.8 Å². The minimum absolute atomic E-state index is 0.00655. The quantitative estimate of drug-likeness (QED) is 0.0113. The molecule has 30 nitrogen and oxygen atoms in total. The number of benzene rings is 3. The van der Waals surface area contributed by atoms with Crippen LogP contribution in [-0.4, -0.2) is 190 Å². The lowest BCUT2D eigenvalue weighted by atomic mass is 9.67. The molecule has 7 aliphatic rings. The van der Waals surface area contributed by atoms with E-state index in [9.17, 15) is 43.6 Å². The van der Waals surface area contributed by atoms with Crippen molar-refractivity contribution in [3.05, 3.63) is 126 Å². The third-order valence-corrected chi connectivity index (χ3v) is 23.0. The second-order valence-electron chi connectivity index (χ2n) is 31.0. The molecule has 8 heterocycles. The molecule has 0 spiro atoms. The van der Waals surface area contributed by atoms with Crippen LogP contribution >= 0.6 is 0 Å². The molecule has 594 valence electrons. The molecule has 13 rings (SSSR count). The van der Waals surface area contributed by atoms with Gasteiger partial charge in [0.2, 0.25) is 47.2 Å². The van der Waals surface area contributed by atoms with Crippen molar-refractivity contribution in [3.63, 3.8) is 0 Å². The molecule has 5 aliphatic heterocycles. The number of rotatable bonds is 35. The van der Waals surface area contributed by atoms with Crippen LogP contribution in [0.25, 0.3) is 11.3 Å². The molecule has 2 bridgehead atoms. The van der Waals surface area contributed by atoms with Crippen LogP contribution in [-0.2, 0) is 44.9 Å². The van der Waals surface area contributed by atoms with E-state index in [0.29, 0.717) is 137 Å². The fourth-order valence-corrected chi connectivity index (χ4v) is 16.4. The molecule has 9 amide bonds. The first kappa shape index (κ1) is 79.2. The van der Waals surface area contributed by atoms with Crippen molar-refractivity contribution >= 4 is 70.3 Å². The van der Waals surface area contributed by atoms with Crippen LogP contribution in [0.3, 0.4) is 0 Å². The van der Waals surface area contributed by atoms with Crippen molar-refractivity contribution < 1.29 is 61.8 Å². The molecule has 2 aliphatic carbocycles. The van der Waals surface area contributed by atoms with Crippen molar-refractivity contribution in [3.8, 4) is 34.8 Å². The first-order valence-electron chi connectivity index (χ1n) is 39.7. The number of nitrogens with two attached hydrogens (primary N) is 2. The first-order valence-corrected chi connectivity index (χ1v) is 39.7. The molecule has 3 aromatic carbocycles. The van der Waals surface area contributed by atoms with Gasteiger partial charge in [0.1, 0.15) is 48.5 Å². The molecular formula is C82H103N17O13. The number of anilines is 4. The Bertz CT molecular complexity index is 4330. The van der Waals surface area contributed by atoms with E-state index in [-0.39, 0.29) is 98.4 Å². The number of piperazine rings is 1. The number of ether oxygens (including phenoxy) is 4. The standard InChI is InChI=1S/C82H103N17O13/c1-51(2)74(78(104)97-37-10-14-66(97)77(103)89-52(3)55-20-16-53(47-83)17-21-55)69-46-71(94-112-69)108-41-40-95-38-29-60(30-39-95)110-61-43-62(44-61)111-70-42-57(28-35-86-70)99-58-24-25-59(99)49-96(48-58)67-45-65(92-93-75(67)84)63-12-5-6-15-68(63)109-50-54-18-22-56(23-19-54)90-76(102)64(13-9-34-88-81(85)107)91-80(106)82(31-11-32-82)79(105)87-33-7-4-8-36-98-72(100)26-27-73(98)101/h5-6,12,15-23,28,35,42,45-46,51-52,58-62,64,66,74H,4,7-11,13-14,24-27,29-34,36-41,43-44,48-50H2,1-3H3,(H2,84,93)(H,87,105)(H,89,103)(H,90,102)(H,91,106)(H3,85,88,107)/t52-,58?,59?,61?,62?,64-,66-,74?/m0/s1. The summed E-state index contributed by atoms with van der Waals surface area (Å²) in [7, 11) is 0. The van der Waals surface area contributed by atoms with Gasteiger partial charge in [-0.1, -0.05) is 56.7 Å². The van der Waals surface area contributed by atoms with Crippen molar-refractivity contribution in [1.82, 2.24) is 56.3 Å². The summed E-state index contributed by atoms with van der Waals surface area (Å²) in [6.45, 7) is 11.6. The molecular weight excluding hydrogens is 1430 g/mol. The highest BCUT2D eigenvalue weighted by Crippen LogP contribution is 2.44. The summed E-state index contributed by atoms with van der Waals surface area (Å²) < 4.78 is 31.4. The van der Waals surface area contributed by atoms with E-state index < -0.39 is 47.2 Å². The van der Waals surface area contributed by atoms with E-state index >= 15 is 0 Å². The van der Waals surface area contributed by atoms with E-state index in [0.717, 1.165) is 92.8 Å². The Morgan fingerprint density at radius 3 is 2.20 bits per heavy atom. The van der Waals surface area contributed by atoms with Gasteiger partial charge in [0.05, 0.1) is 41.3 Å². The van der Waals surface area contributed by atoms with Crippen molar-refractivity contribution in [2.45, 2.75) is 197 Å². The zero-order chi connectivity index (χ0) is 78.4. The summed E-state index contributed by atoms with van der Waals surface area (Å²) >= 11 is 0. The van der Waals surface area contributed by atoms with Crippen molar-refractivity contribution in [1.29, 1.82) is 5.26 Å². The molecule has 5 saturated heterocycles. The van der Waals surface area contributed by atoms with Crippen LogP contribution in [0, 0.1) is 22.7 Å². The molecule has 3 aromatic heterocycles. The Hall–Kier alpha value is -10.9. The highest BCUT2D eigenvalue weighted by Gasteiger charge is 2.52. The summed E-state index contributed by atoms with van der Waals surface area (Å²) in [5.41, 5.74) is 16.5. The lowest BCUT2D eigenvalue weighted by Gasteiger charge is -2.43. The fourth-order valence-electron chi connectivity index (χ4n) is 16.4. The number of fused-ring (bicyclic) bond motifs is 2. The topological polar surface area (TPSA) is 390 Å². The van der Waals surface area contributed by atoms with Crippen LogP contribution < -0.4 is 62.1 Å². The Morgan fingerprint density at radius 1 is 0.741 bits per heavy atom. The minimum atomic E-state index is -1.34. The van der Waals surface area contributed by atoms with Gasteiger partial charge in [-0.3, -0.25) is 43.4 Å². The van der Waals surface area contributed by atoms with Gasteiger partial charge in [0, 0.05) is 132 Å². The molecule has 6 aromatic rings. The summed E-state index contributed by atoms with van der Waals surface area (Å²) in [5, 5.41) is 36.7. The third kappa shape index (κ3) is 19.1. The van der Waals surface area contributed by atoms with Gasteiger partial charge in [-0.25, -0.2) is 9.78 Å². The van der Waals surface area contributed by atoms with Gasteiger partial charge in [0.25, 0.3) is 5.88 Å². The summed E-state index contributed by atoms with van der Waals surface area (Å²) in [6, 6.07) is 29.6. The van der Waals surface area contributed by atoms with Gasteiger partial charge >= 0.3 is 6.03 Å². The average molecular weight is 1530 g/mol. The number of nitrogens with zero attached hydrogens (tertiary/aromatic N) is 10. The predicted molar refractivity (Wildman–Crippen MR) is 415 cm³/mol. The van der Waals surface area contributed by atoms with Crippen molar-refractivity contribution in [2.75, 3.05) is 86.4 Å². The Labute approximate surface area is 652 Å². The monoisotopic (exact) mass is 1530 g/mol. The van der Waals surface area contributed by atoms with E-state index in [1.54, 1.807) is 35.2 Å². The average Bonchev–Trinajstić information content (AvgIpc) is 1.65. The minimum Gasteiger partial charge on any atom is -0.488 e. The van der Waals surface area contributed by atoms with Gasteiger partial charge in [-0.05, 0) is 161 Å². The van der Waals surface area contributed by atoms with E-state index in [1.165, 1.54) is 4.90 Å². The smallest absolute Gasteiger partial charge is 0.312 e. The number of pyridine rings is 1. The molecule has 6 atom stereocenters. The number of nitrogen functional groups attached to an aromatic ring is 1. The summed E-state index contributed by atoms with van der Waals surface area (Å²) in [6.07, 6.45) is 13.0. The maximum atomic E-state index is 14.2. The number of carbonyl (C=O) groups is 8. The molecule has 9 N–H and O–H groups in total. The lowest BCUT2D eigenvalue weighted by Crippen LogP contribution is -2.58. The lowest BCUT2D eigenvalue weighted by molar-refractivity contribution is -0.151. The number of aromatic nitrogens is 4. The summed E-state index contributed by atoms with van der Waals surface area (Å²) in [4.78, 5) is 120. The molecule has 3 unspecified atom stereocenters. The van der Waals surface area contributed by atoms with Gasteiger partial charge in [-0.15, -0.1) is 10.2 Å². The number of amides is 9. The number of primary amides is 1. The number of hydrogen-bond acceptors (Lipinski definition) is 22. The Kier molecular flexibility index (Phi) is 25.8. The SMILES string of the molecule is CC(C)C(C(=O)N1CCC[C@H]1C(=O)N[C@@H](C)c1ccc(C#N)cc1)c1cc(OCCN2CCC(OC3CC(Oc4cc(N5C6CCC5CN(c5cc(-c7ccccc7OCc7ccc(NC(=O)[C@H](CCCNC(N)=O)NC(=O)C8(C(=O)NCCCCCN9C(=O)CCC9=O)CCC8)cc7)nnc5N)C6)ccn4)C3)CC2)no1. The van der Waals surface area contributed by atoms with Gasteiger partial charge in [-0.2, -0.15) is 5.26 Å².